The Kier molecular flexibility index (Phi) is 5.91. The van der Waals surface area contributed by atoms with Gasteiger partial charge in [0.15, 0.2) is 17.4 Å². The summed E-state index contributed by atoms with van der Waals surface area (Å²) in [5.74, 6) is -1.74. The first-order valence-electron chi connectivity index (χ1n) is 7.19. The first kappa shape index (κ1) is 16.7. The fourth-order valence-electron chi connectivity index (χ4n) is 1.82. The lowest BCUT2D eigenvalue weighted by Crippen LogP contribution is -2.15. The van der Waals surface area contributed by atoms with Crippen molar-refractivity contribution in [2.45, 2.75) is 20.0 Å². The predicted octanol–water partition coefficient (Wildman–Crippen LogP) is 4.50. The SMILES string of the molecule is CCCOc1cc(F)c(NC(=O)OCc2ccccc2)cc1F. The van der Waals surface area contributed by atoms with Gasteiger partial charge in [-0.15, -0.1) is 0 Å². The molecule has 122 valence electrons. The second-order valence-corrected chi connectivity index (χ2v) is 4.80. The monoisotopic (exact) mass is 321 g/mol. The summed E-state index contributed by atoms with van der Waals surface area (Å²) in [4.78, 5) is 11.7. The van der Waals surface area contributed by atoms with E-state index < -0.39 is 17.7 Å². The molecule has 0 heterocycles. The molecule has 0 spiro atoms. The van der Waals surface area contributed by atoms with Crippen LogP contribution in [0.25, 0.3) is 0 Å². The molecular formula is C17H17F2NO3. The van der Waals surface area contributed by atoms with E-state index in [-0.39, 0.29) is 24.7 Å². The van der Waals surface area contributed by atoms with Crippen molar-refractivity contribution >= 4 is 11.8 Å². The summed E-state index contributed by atoms with van der Waals surface area (Å²) in [5, 5.41) is 2.17. The largest absolute Gasteiger partial charge is 0.490 e. The Hall–Kier alpha value is -2.63. The Morgan fingerprint density at radius 3 is 2.57 bits per heavy atom. The lowest BCUT2D eigenvalue weighted by Gasteiger charge is -2.11. The zero-order valence-corrected chi connectivity index (χ0v) is 12.6. The normalized spacial score (nSPS) is 10.2. The third kappa shape index (κ3) is 4.95. The molecule has 2 rings (SSSR count). The van der Waals surface area contributed by atoms with Gasteiger partial charge in [-0.25, -0.2) is 13.6 Å². The topological polar surface area (TPSA) is 47.6 Å². The molecule has 0 aromatic heterocycles. The maximum atomic E-state index is 13.9. The van der Waals surface area contributed by atoms with Gasteiger partial charge in [0.1, 0.15) is 6.61 Å². The van der Waals surface area contributed by atoms with Crippen molar-refractivity contribution in [3.8, 4) is 5.75 Å². The number of carbonyl (C=O) groups is 1. The Balaban J connectivity index is 1.96. The number of halogens is 2. The molecule has 1 amide bonds. The highest BCUT2D eigenvalue weighted by atomic mass is 19.1. The van der Waals surface area contributed by atoms with Gasteiger partial charge in [0.05, 0.1) is 12.3 Å². The van der Waals surface area contributed by atoms with Crippen LogP contribution in [0.1, 0.15) is 18.9 Å². The summed E-state index contributed by atoms with van der Waals surface area (Å²) in [6, 6.07) is 10.8. The summed E-state index contributed by atoms with van der Waals surface area (Å²) in [6.45, 7) is 2.17. The molecule has 23 heavy (non-hydrogen) atoms. The Morgan fingerprint density at radius 2 is 1.87 bits per heavy atom. The molecule has 6 heteroatoms. The van der Waals surface area contributed by atoms with Crippen LogP contribution in [0.15, 0.2) is 42.5 Å². The highest BCUT2D eigenvalue weighted by Gasteiger charge is 2.14. The molecular weight excluding hydrogens is 304 g/mol. The van der Waals surface area contributed by atoms with Crippen LogP contribution in [-0.4, -0.2) is 12.7 Å². The van der Waals surface area contributed by atoms with Gasteiger partial charge in [-0.2, -0.15) is 0 Å². The Labute approximate surface area is 133 Å². The highest BCUT2D eigenvalue weighted by Crippen LogP contribution is 2.25. The van der Waals surface area contributed by atoms with E-state index in [4.69, 9.17) is 9.47 Å². The highest BCUT2D eigenvalue weighted by molar-refractivity contribution is 5.84. The quantitative estimate of drug-likeness (QED) is 0.852. The van der Waals surface area contributed by atoms with E-state index in [1.807, 2.05) is 13.0 Å². The molecule has 0 saturated carbocycles. The van der Waals surface area contributed by atoms with Crippen molar-refractivity contribution in [2.75, 3.05) is 11.9 Å². The average Bonchev–Trinajstić information content (AvgIpc) is 2.55. The van der Waals surface area contributed by atoms with Crippen LogP contribution in [0.5, 0.6) is 5.75 Å². The van der Waals surface area contributed by atoms with Crippen LogP contribution in [0, 0.1) is 11.6 Å². The maximum Gasteiger partial charge on any atom is 0.412 e. The molecule has 0 radical (unpaired) electrons. The number of ether oxygens (including phenoxy) is 2. The van der Waals surface area contributed by atoms with E-state index in [9.17, 15) is 13.6 Å². The van der Waals surface area contributed by atoms with Crippen LogP contribution in [0.4, 0.5) is 19.3 Å². The molecule has 0 aliphatic carbocycles. The number of hydrogen-bond donors (Lipinski definition) is 1. The second-order valence-electron chi connectivity index (χ2n) is 4.80. The van der Waals surface area contributed by atoms with Crippen molar-refractivity contribution in [2.24, 2.45) is 0 Å². The van der Waals surface area contributed by atoms with Gasteiger partial charge in [-0.1, -0.05) is 37.3 Å². The fraction of sp³-hybridized carbons (Fsp3) is 0.235. The lowest BCUT2D eigenvalue weighted by molar-refractivity contribution is 0.155. The zero-order chi connectivity index (χ0) is 16.7. The van der Waals surface area contributed by atoms with E-state index in [0.29, 0.717) is 6.42 Å². The van der Waals surface area contributed by atoms with Gasteiger partial charge in [0, 0.05) is 12.1 Å². The third-order valence-corrected chi connectivity index (χ3v) is 2.93. The molecule has 0 aliphatic heterocycles. The fourth-order valence-corrected chi connectivity index (χ4v) is 1.82. The smallest absolute Gasteiger partial charge is 0.412 e. The maximum absolute atomic E-state index is 13.9. The molecule has 0 fully saturated rings. The summed E-state index contributed by atoms with van der Waals surface area (Å²) in [6.07, 6.45) is -0.193. The Bertz CT molecular complexity index is 662. The van der Waals surface area contributed by atoms with Crippen molar-refractivity contribution in [1.82, 2.24) is 0 Å². The summed E-state index contributed by atoms with van der Waals surface area (Å²) in [7, 11) is 0. The minimum Gasteiger partial charge on any atom is -0.490 e. The second kappa shape index (κ2) is 8.12. The molecule has 0 unspecified atom stereocenters. The number of nitrogens with one attached hydrogen (secondary N) is 1. The van der Waals surface area contributed by atoms with Crippen molar-refractivity contribution in [3.05, 3.63) is 59.7 Å². The standard InChI is InChI=1S/C17H17F2NO3/c1-2-8-22-16-10-13(18)15(9-14(16)19)20-17(21)23-11-12-6-4-3-5-7-12/h3-7,9-10H,2,8,11H2,1H3,(H,20,21). The molecule has 0 aliphatic rings. The van der Waals surface area contributed by atoms with Gasteiger partial charge >= 0.3 is 6.09 Å². The average molecular weight is 321 g/mol. The molecule has 1 N–H and O–H groups in total. The summed E-state index contributed by atoms with van der Waals surface area (Å²) < 4.78 is 37.7. The molecule has 2 aromatic rings. The number of rotatable bonds is 6. The van der Waals surface area contributed by atoms with Crippen LogP contribution < -0.4 is 10.1 Å². The van der Waals surface area contributed by atoms with Gasteiger partial charge in [0.2, 0.25) is 0 Å². The van der Waals surface area contributed by atoms with Crippen molar-refractivity contribution in [3.63, 3.8) is 0 Å². The molecule has 0 saturated heterocycles. The Morgan fingerprint density at radius 1 is 1.13 bits per heavy atom. The number of anilines is 1. The van der Waals surface area contributed by atoms with E-state index in [2.05, 4.69) is 5.32 Å². The third-order valence-electron chi connectivity index (χ3n) is 2.93. The van der Waals surface area contributed by atoms with Gasteiger partial charge < -0.3 is 9.47 Å². The molecule has 2 aromatic carbocycles. The van der Waals surface area contributed by atoms with Crippen LogP contribution in [0.3, 0.4) is 0 Å². The minimum absolute atomic E-state index is 0.0362. The van der Waals surface area contributed by atoms with Crippen LogP contribution in [-0.2, 0) is 11.3 Å². The minimum atomic E-state index is -0.866. The first-order chi connectivity index (χ1) is 11.1. The molecule has 4 nitrogen and oxygen atoms in total. The van der Waals surface area contributed by atoms with Crippen molar-refractivity contribution in [1.29, 1.82) is 0 Å². The van der Waals surface area contributed by atoms with Gasteiger partial charge in [-0.3, -0.25) is 5.32 Å². The van der Waals surface area contributed by atoms with E-state index in [1.54, 1.807) is 24.3 Å². The number of carbonyl (C=O) groups excluding carboxylic acids is 1. The number of benzene rings is 2. The summed E-state index contributed by atoms with van der Waals surface area (Å²) >= 11 is 0. The van der Waals surface area contributed by atoms with Crippen molar-refractivity contribution < 1.29 is 23.0 Å². The van der Waals surface area contributed by atoms with Crippen LogP contribution >= 0.6 is 0 Å². The van der Waals surface area contributed by atoms with E-state index >= 15 is 0 Å². The lowest BCUT2D eigenvalue weighted by atomic mass is 10.2. The van der Waals surface area contributed by atoms with Gasteiger partial charge in [-0.05, 0) is 12.0 Å². The summed E-state index contributed by atoms with van der Waals surface area (Å²) in [5.41, 5.74) is 0.488. The van der Waals surface area contributed by atoms with E-state index in [1.165, 1.54) is 0 Å². The van der Waals surface area contributed by atoms with Gasteiger partial charge in [0.25, 0.3) is 0 Å². The predicted molar refractivity (Wildman–Crippen MR) is 82.4 cm³/mol. The number of hydrogen-bond acceptors (Lipinski definition) is 3. The van der Waals surface area contributed by atoms with Crippen LogP contribution in [0.2, 0.25) is 0 Å². The zero-order valence-electron chi connectivity index (χ0n) is 12.6. The first-order valence-corrected chi connectivity index (χ1v) is 7.19. The molecule has 0 atom stereocenters. The van der Waals surface area contributed by atoms with E-state index in [0.717, 1.165) is 17.7 Å². The molecule has 0 bridgehead atoms. The number of amides is 1.